The number of rotatable bonds is 22. The van der Waals surface area contributed by atoms with Crippen molar-refractivity contribution in [2.45, 2.75) is 129 Å². The van der Waals surface area contributed by atoms with Gasteiger partial charge < -0.3 is 15.3 Å². The van der Waals surface area contributed by atoms with Crippen LogP contribution in [0.3, 0.4) is 0 Å². The molecule has 178 valence electrons. The molecule has 0 fully saturated rings. The lowest BCUT2D eigenvalue weighted by atomic mass is 10.0. The van der Waals surface area contributed by atoms with Crippen LogP contribution in [0.2, 0.25) is 0 Å². The summed E-state index contributed by atoms with van der Waals surface area (Å²) in [6.07, 6.45) is 20.1. The Kier molecular flexibility index (Phi) is 21.7. The quantitative estimate of drug-likeness (QED) is 0.163. The van der Waals surface area contributed by atoms with Gasteiger partial charge in [-0.1, -0.05) is 96.8 Å². The van der Waals surface area contributed by atoms with Crippen LogP contribution in [-0.4, -0.2) is 36.2 Å². The lowest BCUT2D eigenvalue weighted by molar-refractivity contribution is -0.149. The summed E-state index contributed by atoms with van der Waals surface area (Å²) in [5.41, 5.74) is 2.39. The summed E-state index contributed by atoms with van der Waals surface area (Å²) in [6, 6.07) is 0. The van der Waals surface area contributed by atoms with E-state index in [1.54, 1.807) is 0 Å². The maximum Gasteiger partial charge on any atom is 0.321 e. The van der Waals surface area contributed by atoms with Gasteiger partial charge in [-0.2, -0.15) is 5.48 Å². The Morgan fingerprint density at radius 3 is 1.73 bits per heavy atom. The molecule has 30 heavy (non-hydrogen) atoms. The summed E-state index contributed by atoms with van der Waals surface area (Å²) in [5, 5.41) is 12.5. The lowest BCUT2D eigenvalue weighted by Gasteiger charge is -2.11. The molecule has 0 saturated carbocycles. The van der Waals surface area contributed by atoms with E-state index >= 15 is 0 Å². The Morgan fingerprint density at radius 2 is 1.27 bits per heavy atom. The van der Waals surface area contributed by atoms with Crippen molar-refractivity contribution in [1.82, 2.24) is 10.8 Å². The van der Waals surface area contributed by atoms with E-state index in [2.05, 4.69) is 22.6 Å². The van der Waals surface area contributed by atoms with Crippen LogP contribution in [0.1, 0.15) is 123 Å². The maximum absolute atomic E-state index is 11.8. The van der Waals surface area contributed by atoms with Crippen molar-refractivity contribution in [3.05, 3.63) is 0 Å². The number of carbonyl (C=O) groups is 2. The third kappa shape index (κ3) is 23.1. The van der Waals surface area contributed by atoms with E-state index in [-0.39, 0.29) is 12.5 Å². The van der Waals surface area contributed by atoms with Crippen LogP contribution in [0.4, 0.5) is 0 Å². The highest BCUT2D eigenvalue weighted by molar-refractivity contribution is 5.75. The summed E-state index contributed by atoms with van der Waals surface area (Å²) in [7, 11) is 0. The van der Waals surface area contributed by atoms with Crippen LogP contribution in [0.25, 0.3) is 0 Å². The number of unbranched alkanes of at least 4 members (excludes halogenated alkanes) is 14. The third-order valence-corrected chi connectivity index (χ3v) is 5.34. The van der Waals surface area contributed by atoms with Gasteiger partial charge in [-0.15, -0.1) is 0 Å². The molecule has 1 atom stereocenters. The second-order valence-electron chi connectivity index (χ2n) is 8.43. The van der Waals surface area contributed by atoms with Gasteiger partial charge in [0.1, 0.15) is 0 Å². The zero-order chi connectivity index (χ0) is 22.3. The molecule has 0 aromatic rings. The molecule has 0 spiro atoms. The first kappa shape index (κ1) is 28.9. The summed E-state index contributed by atoms with van der Waals surface area (Å²) in [6.45, 7) is 4.15. The van der Waals surface area contributed by atoms with Gasteiger partial charge in [0.15, 0.2) is 0 Å². The predicted molar refractivity (Wildman–Crippen MR) is 123 cm³/mol. The predicted octanol–water partition coefficient (Wildman–Crippen LogP) is 5.18. The molecule has 0 heterocycles. The number of aliphatic hydroxyl groups is 1. The third-order valence-electron chi connectivity index (χ3n) is 5.34. The standard InChI is InChI=1S/C24H48N2O4/c1-3-4-5-6-7-8-9-10-11-12-13-14-15-16-17-18-24(29)25-20-19-23(28)21-26-30-22(2)27/h23,26,28H,3-21H2,1-2H3,(H,25,29). The van der Waals surface area contributed by atoms with Gasteiger partial charge in [-0.25, -0.2) is 0 Å². The average molecular weight is 429 g/mol. The first-order chi connectivity index (χ1) is 14.6. The smallest absolute Gasteiger partial charge is 0.321 e. The van der Waals surface area contributed by atoms with Gasteiger partial charge in [-0.3, -0.25) is 9.59 Å². The minimum Gasteiger partial charge on any atom is -0.392 e. The molecule has 0 aromatic heterocycles. The SMILES string of the molecule is CCCCCCCCCCCCCCCCCC(=O)NCCC(O)CNOC(C)=O. The lowest BCUT2D eigenvalue weighted by Crippen LogP contribution is -2.32. The van der Waals surface area contributed by atoms with Gasteiger partial charge >= 0.3 is 5.97 Å². The van der Waals surface area contributed by atoms with Gasteiger partial charge in [0.2, 0.25) is 5.91 Å². The zero-order valence-electron chi connectivity index (χ0n) is 19.7. The number of carbonyl (C=O) groups excluding carboxylic acids is 2. The van der Waals surface area contributed by atoms with Crippen LogP contribution in [-0.2, 0) is 14.4 Å². The second kappa shape index (κ2) is 22.5. The van der Waals surface area contributed by atoms with E-state index in [0.717, 1.165) is 12.8 Å². The highest BCUT2D eigenvalue weighted by Gasteiger charge is 2.06. The largest absolute Gasteiger partial charge is 0.392 e. The number of amides is 1. The minimum atomic E-state index is -0.657. The molecule has 0 saturated heterocycles. The van der Waals surface area contributed by atoms with Crippen LogP contribution >= 0.6 is 0 Å². The van der Waals surface area contributed by atoms with E-state index in [1.807, 2.05) is 0 Å². The molecule has 0 aliphatic rings. The van der Waals surface area contributed by atoms with Crippen molar-refractivity contribution < 1.29 is 19.5 Å². The number of hydroxylamine groups is 1. The van der Waals surface area contributed by atoms with Crippen LogP contribution in [0.5, 0.6) is 0 Å². The summed E-state index contributed by atoms with van der Waals surface area (Å²) < 4.78 is 0. The number of aliphatic hydroxyl groups excluding tert-OH is 1. The summed E-state index contributed by atoms with van der Waals surface area (Å²) in [5.74, 6) is -0.399. The molecule has 0 aliphatic heterocycles. The summed E-state index contributed by atoms with van der Waals surface area (Å²) in [4.78, 5) is 26.9. The van der Waals surface area contributed by atoms with Crippen LogP contribution < -0.4 is 10.8 Å². The highest BCUT2D eigenvalue weighted by Crippen LogP contribution is 2.13. The first-order valence-corrected chi connectivity index (χ1v) is 12.4. The van der Waals surface area contributed by atoms with Crippen molar-refractivity contribution in [3.63, 3.8) is 0 Å². The van der Waals surface area contributed by atoms with E-state index in [9.17, 15) is 14.7 Å². The molecule has 6 heteroatoms. The first-order valence-electron chi connectivity index (χ1n) is 12.4. The Hall–Kier alpha value is -1.14. The fourth-order valence-electron chi connectivity index (χ4n) is 3.47. The van der Waals surface area contributed by atoms with Gasteiger partial charge in [0.25, 0.3) is 0 Å². The number of nitrogens with one attached hydrogen (secondary N) is 2. The van der Waals surface area contributed by atoms with Crippen LogP contribution in [0.15, 0.2) is 0 Å². The summed E-state index contributed by atoms with van der Waals surface area (Å²) >= 11 is 0. The van der Waals surface area contributed by atoms with Crippen molar-refractivity contribution in [2.24, 2.45) is 0 Å². The molecule has 0 bridgehead atoms. The minimum absolute atomic E-state index is 0.0461. The topological polar surface area (TPSA) is 87.7 Å². The van der Waals surface area contributed by atoms with Crippen molar-refractivity contribution >= 4 is 11.9 Å². The molecule has 6 nitrogen and oxygen atoms in total. The number of hydrogen-bond acceptors (Lipinski definition) is 5. The van der Waals surface area contributed by atoms with Gasteiger partial charge in [0, 0.05) is 19.9 Å². The molecular weight excluding hydrogens is 380 g/mol. The van der Waals surface area contributed by atoms with E-state index in [1.165, 1.54) is 90.4 Å². The highest BCUT2D eigenvalue weighted by atomic mass is 16.7. The van der Waals surface area contributed by atoms with Crippen molar-refractivity contribution in [1.29, 1.82) is 0 Å². The molecule has 1 unspecified atom stereocenters. The number of hydrogen-bond donors (Lipinski definition) is 3. The molecule has 1 amide bonds. The van der Waals surface area contributed by atoms with E-state index in [4.69, 9.17) is 0 Å². The molecule has 0 radical (unpaired) electrons. The van der Waals surface area contributed by atoms with Crippen molar-refractivity contribution in [2.75, 3.05) is 13.1 Å². The maximum atomic E-state index is 11.8. The Morgan fingerprint density at radius 1 is 0.800 bits per heavy atom. The molecule has 0 aromatic carbocycles. The zero-order valence-corrected chi connectivity index (χ0v) is 19.7. The second-order valence-corrected chi connectivity index (χ2v) is 8.43. The van der Waals surface area contributed by atoms with Gasteiger partial charge in [0.05, 0.1) is 12.6 Å². The van der Waals surface area contributed by atoms with E-state index < -0.39 is 12.1 Å². The molecule has 0 aliphatic carbocycles. The Labute approximate surface area is 184 Å². The van der Waals surface area contributed by atoms with E-state index in [0.29, 0.717) is 19.4 Å². The fourth-order valence-corrected chi connectivity index (χ4v) is 3.47. The van der Waals surface area contributed by atoms with Crippen LogP contribution in [0, 0.1) is 0 Å². The Balaban J connectivity index is 3.25. The van der Waals surface area contributed by atoms with Crippen molar-refractivity contribution in [3.8, 4) is 0 Å². The fraction of sp³-hybridized carbons (Fsp3) is 0.917. The molecule has 3 N–H and O–H groups in total. The molecule has 0 rings (SSSR count). The van der Waals surface area contributed by atoms with Gasteiger partial charge in [-0.05, 0) is 12.8 Å². The monoisotopic (exact) mass is 428 g/mol. The Bertz CT molecular complexity index is 405. The molecular formula is C24H48N2O4. The normalized spacial score (nSPS) is 12.0. The average Bonchev–Trinajstić information content (AvgIpc) is 2.70.